The molecular weight excluding hydrogens is 172 g/mol. The molecule has 0 aromatic carbocycles. The van der Waals surface area contributed by atoms with E-state index in [2.05, 4.69) is 36.0 Å². The minimum absolute atomic E-state index is 0.613. The molecule has 0 unspecified atom stereocenters. The van der Waals surface area contributed by atoms with Crippen LogP contribution < -0.4 is 0 Å². The van der Waals surface area contributed by atoms with Crippen molar-refractivity contribution >= 4 is 6.21 Å². The maximum absolute atomic E-state index is 3.93. The number of aliphatic imine (C=N–C) groups is 1. The van der Waals surface area contributed by atoms with E-state index in [1.807, 2.05) is 12.3 Å². The molecule has 2 heteroatoms. The number of hydrogen-bond donors (Lipinski definition) is 0. The molecule has 1 rings (SSSR count). The molecule has 0 saturated carbocycles. The van der Waals surface area contributed by atoms with E-state index >= 15 is 0 Å². The number of hydrogen-bond acceptors (Lipinski definition) is 2. The topological polar surface area (TPSA) is 15.6 Å². The first-order valence-electron chi connectivity index (χ1n) is 5.25. The van der Waals surface area contributed by atoms with E-state index < -0.39 is 0 Å². The van der Waals surface area contributed by atoms with Crippen LogP contribution in [0.5, 0.6) is 0 Å². The summed E-state index contributed by atoms with van der Waals surface area (Å²) in [5, 5.41) is 0. The van der Waals surface area contributed by atoms with Gasteiger partial charge in [0.25, 0.3) is 0 Å². The molecule has 1 saturated heterocycles. The maximum atomic E-state index is 3.93. The Morgan fingerprint density at radius 3 is 2.79 bits per heavy atom. The normalized spacial score (nSPS) is 25.6. The fourth-order valence-corrected chi connectivity index (χ4v) is 1.97. The zero-order valence-corrected chi connectivity index (χ0v) is 9.40. The van der Waals surface area contributed by atoms with E-state index in [9.17, 15) is 0 Å². The van der Waals surface area contributed by atoms with Gasteiger partial charge in [0.1, 0.15) is 0 Å². The molecule has 0 radical (unpaired) electrons. The molecule has 14 heavy (non-hydrogen) atoms. The van der Waals surface area contributed by atoms with Crippen molar-refractivity contribution in [2.75, 3.05) is 20.6 Å². The molecule has 1 heterocycles. The van der Waals surface area contributed by atoms with E-state index in [0.717, 1.165) is 0 Å². The Bertz CT molecular complexity index is 251. The average Bonchev–Trinajstić information content (AvgIpc) is 2.60. The molecule has 0 N–H and O–H groups in total. The van der Waals surface area contributed by atoms with Crippen LogP contribution in [0.1, 0.15) is 19.8 Å². The zero-order chi connectivity index (χ0) is 10.4. The van der Waals surface area contributed by atoms with E-state index in [-0.39, 0.29) is 0 Å². The molecule has 0 amide bonds. The van der Waals surface area contributed by atoms with Gasteiger partial charge in [0.05, 0.1) is 0 Å². The molecule has 2 nitrogen and oxygen atoms in total. The molecule has 1 aliphatic heterocycles. The minimum Gasteiger partial charge on any atom is -0.299 e. The summed E-state index contributed by atoms with van der Waals surface area (Å²) < 4.78 is 0. The molecule has 78 valence electrons. The Hall–Kier alpha value is -0.890. The van der Waals surface area contributed by atoms with E-state index in [4.69, 9.17) is 0 Å². The standard InChI is InChI=1S/C12H20N2/c1-4-11(7-5-9-13-2)12-8-6-10-14(12)3/h4-5,7,9,12H,6,8,10H2,1-3H3/b7-5-,11-4+,13-9?/t12-/m0/s1. The van der Waals surface area contributed by atoms with Gasteiger partial charge < -0.3 is 0 Å². The molecule has 0 bridgehead atoms. The van der Waals surface area contributed by atoms with Gasteiger partial charge in [-0.05, 0) is 45.0 Å². The second-order valence-corrected chi connectivity index (χ2v) is 3.69. The molecule has 0 spiro atoms. The van der Waals surface area contributed by atoms with Crippen LogP contribution in [0.3, 0.4) is 0 Å². The van der Waals surface area contributed by atoms with Crippen LogP contribution in [-0.2, 0) is 0 Å². The van der Waals surface area contributed by atoms with Crippen LogP contribution in [0, 0.1) is 0 Å². The first kappa shape index (κ1) is 11.2. The molecule has 1 aliphatic rings. The van der Waals surface area contributed by atoms with Gasteiger partial charge in [-0.2, -0.15) is 0 Å². The lowest BCUT2D eigenvalue weighted by molar-refractivity contribution is 0.348. The Labute approximate surface area is 87.0 Å². The highest BCUT2D eigenvalue weighted by atomic mass is 15.1. The quantitative estimate of drug-likeness (QED) is 0.495. The van der Waals surface area contributed by atoms with Gasteiger partial charge in [0, 0.05) is 19.3 Å². The lowest BCUT2D eigenvalue weighted by Crippen LogP contribution is -2.26. The predicted molar refractivity (Wildman–Crippen MR) is 63.0 cm³/mol. The van der Waals surface area contributed by atoms with Crippen molar-refractivity contribution in [3.8, 4) is 0 Å². The Kier molecular flexibility index (Phi) is 4.60. The van der Waals surface area contributed by atoms with Crippen LogP contribution in [0.15, 0.2) is 28.8 Å². The molecule has 0 aliphatic carbocycles. The van der Waals surface area contributed by atoms with Gasteiger partial charge in [-0.1, -0.05) is 12.2 Å². The number of rotatable bonds is 3. The molecule has 1 atom stereocenters. The van der Waals surface area contributed by atoms with Crippen LogP contribution in [0.2, 0.25) is 0 Å². The zero-order valence-electron chi connectivity index (χ0n) is 9.40. The summed E-state index contributed by atoms with van der Waals surface area (Å²) in [4.78, 5) is 6.35. The van der Waals surface area contributed by atoms with Crippen LogP contribution in [0.25, 0.3) is 0 Å². The minimum atomic E-state index is 0.613. The van der Waals surface area contributed by atoms with E-state index in [1.165, 1.54) is 25.0 Å². The highest BCUT2D eigenvalue weighted by Crippen LogP contribution is 2.22. The van der Waals surface area contributed by atoms with Gasteiger partial charge in [-0.15, -0.1) is 0 Å². The van der Waals surface area contributed by atoms with Gasteiger partial charge in [-0.25, -0.2) is 0 Å². The van der Waals surface area contributed by atoms with Gasteiger partial charge >= 0.3 is 0 Å². The summed E-state index contributed by atoms with van der Waals surface area (Å²) in [5.41, 5.74) is 1.41. The summed E-state index contributed by atoms with van der Waals surface area (Å²) in [6.45, 7) is 3.33. The molecular formula is C12H20N2. The molecule has 0 aromatic heterocycles. The number of allylic oxidation sites excluding steroid dienone is 2. The van der Waals surface area contributed by atoms with Crippen molar-refractivity contribution in [2.45, 2.75) is 25.8 Å². The van der Waals surface area contributed by atoms with Crippen molar-refractivity contribution in [3.63, 3.8) is 0 Å². The summed E-state index contributed by atoms with van der Waals surface area (Å²) in [7, 11) is 3.99. The van der Waals surface area contributed by atoms with Crippen LogP contribution in [-0.4, -0.2) is 37.8 Å². The van der Waals surface area contributed by atoms with E-state index in [0.29, 0.717) is 6.04 Å². The first-order valence-corrected chi connectivity index (χ1v) is 5.25. The highest BCUT2D eigenvalue weighted by Gasteiger charge is 2.22. The fraction of sp³-hybridized carbons (Fsp3) is 0.583. The van der Waals surface area contributed by atoms with Gasteiger partial charge in [0.15, 0.2) is 0 Å². The highest BCUT2D eigenvalue weighted by molar-refractivity contribution is 5.71. The lowest BCUT2D eigenvalue weighted by Gasteiger charge is -2.20. The predicted octanol–water partition coefficient (Wildman–Crippen LogP) is 2.28. The van der Waals surface area contributed by atoms with Crippen LogP contribution >= 0.6 is 0 Å². The van der Waals surface area contributed by atoms with Gasteiger partial charge in [-0.3, -0.25) is 9.89 Å². The monoisotopic (exact) mass is 192 g/mol. The van der Waals surface area contributed by atoms with Gasteiger partial charge in [0.2, 0.25) is 0 Å². The summed E-state index contributed by atoms with van der Waals surface area (Å²) in [5.74, 6) is 0. The number of nitrogens with zero attached hydrogens (tertiary/aromatic N) is 2. The largest absolute Gasteiger partial charge is 0.299 e. The summed E-state index contributed by atoms with van der Waals surface area (Å²) in [6.07, 6.45) is 10.8. The first-order chi connectivity index (χ1) is 6.79. The fourth-order valence-electron chi connectivity index (χ4n) is 1.97. The summed E-state index contributed by atoms with van der Waals surface area (Å²) in [6, 6.07) is 0.613. The molecule has 0 aromatic rings. The van der Waals surface area contributed by atoms with Crippen molar-refractivity contribution in [2.24, 2.45) is 4.99 Å². The third-order valence-corrected chi connectivity index (χ3v) is 2.76. The number of likely N-dealkylation sites (N-methyl/N-ethyl adjacent to an activating group) is 1. The van der Waals surface area contributed by atoms with Crippen molar-refractivity contribution in [3.05, 3.63) is 23.8 Å². The Morgan fingerprint density at radius 1 is 1.50 bits per heavy atom. The van der Waals surface area contributed by atoms with Crippen LogP contribution in [0.4, 0.5) is 0 Å². The third kappa shape index (κ3) is 2.81. The Balaban J connectivity index is 2.62. The smallest absolute Gasteiger partial charge is 0.0342 e. The second kappa shape index (κ2) is 5.76. The number of likely N-dealkylation sites (tertiary alicyclic amines) is 1. The summed E-state index contributed by atoms with van der Waals surface area (Å²) >= 11 is 0. The molecule has 1 fully saturated rings. The van der Waals surface area contributed by atoms with Crippen molar-refractivity contribution in [1.29, 1.82) is 0 Å². The Morgan fingerprint density at radius 2 is 2.29 bits per heavy atom. The van der Waals surface area contributed by atoms with Crippen molar-refractivity contribution < 1.29 is 0 Å². The lowest BCUT2D eigenvalue weighted by atomic mass is 10.0. The van der Waals surface area contributed by atoms with E-state index in [1.54, 1.807) is 7.05 Å². The average molecular weight is 192 g/mol. The second-order valence-electron chi connectivity index (χ2n) is 3.69. The third-order valence-electron chi connectivity index (χ3n) is 2.76. The van der Waals surface area contributed by atoms with Crippen molar-refractivity contribution in [1.82, 2.24) is 4.90 Å². The maximum Gasteiger partial charge on any atom is 0.0342 e. The SMILES string of the molecule is C/C=C(\C=C/C=NC)[C@@H]1CCCN1C.